The number of carbonyl (C=O) groups is 3. The van der Waals surface area contributed by atoms with E-state index in [0.29, 0.717) is 29.3 Å². The third-order valence-electron chi connectivity index (χ3n) is 4.49. The van der Waals surface area contributed by atoms with Gasteiger partial charge in [-0.1, -0.05) is 29.5 Å². The van der Waals surface area contributed by atoms with E-state index in [9.17, 15) is 14.4 Å². The third kappa shape index (κ3) is 5.77. The normalized spacial score (nSPS) is 14.7. The predicted octanol–water partition coefficient (Wildman–Crippen LogP) is 1.26. The molecule has 0 saturated carbocycles. The number of thiazole rings is 1. The quantitative estimate of drug-likeness (QED) is 0.594. The molecule has 1 aromatic heterocycles. The first-order valence-corrected chi connectivity index (χ1v) is 10.5. The van der Waals surface area contributed by atoms with Crippen LogP contribution in [0.5, 0.6) is 0 Å². The number of amides is 3. The lowest BCUT2D eigenvalue weighted by Gasteiger charge is -2.25. The Balaban J connectivity index is 1.46. The van der Waals surface area contributed by atoms with Gasteiger partial charge < -0.3 is 15.0 Å². The van der Waals surface area contributed by atoms with Crippen LogP contribution in [0.1, 0.15) is 39.1 Å². The summed E-state index contributed by atoms with van der Waals surface area (Å²) < 4.78 is 5.33. The molecule has 160 valence electrons. The van der Waals surface area contributed by atoms with Crippen LogP contribution >= 0.6 is 11.3 Å². The minimum atomic E-state index is -0.418. The number of aryl methyl sites for hydroxylation is 1. The molecule has 3 rings (SSSR count). The highest BCUT2D eigenvalue weighted by molar-refractivity contribution is 7.17. The van der Waals surface area contributed by atoms with E-state index in [0.717, 1.165) is 18.2 Å². The standard InChI is InChI=1S/C20H25N5O4S/c1-13(21-18(27)15-6-4-3-5-7-15)12-16(26)23-24-19(28)17-14(2)22-20(30-17)25-8-10-29-11-9-25/h3-7,13H,8-12H2,1-2H3,(H,21,27)(H,23,26)(H,24,28). The maximum absolute atomic E-state index is 12.4. The van der Waals surface area contributed by atoms with Gasteiger partial charge >= 0.3 is 0 Å². The number of hydrogen-bond donors (Lipinski definition) is 3. The monoisotopic (exact) mass is 431 g/mol. The molecule has 1 aromatic carbocycles. The van der Waals surface area contributed by atoms with Gasteiger partial charge in [-0.05, 0) is 26.0 Å². The molecule has 1 aliphatic rings. The summed E-state index contributed by atoms with van der Waals surface area (Å²) in [4.78, 5) is 43.7. The van der Waals surface area contributed by atoms with Crippen molar-refractivity contribution in [1.29, 1.82) is 0 Å². The van der Waals surface area contributed by atoms with Crippen molar-refractivity contribution >= 4 is 34.2 Å². The van der Waals surface area contributed by atoms with Gasteiger partial charge in [-0.2, -0.15) is 0 Å². The van der Waals surface area contributed by atoms with Crippen molar-refractivity contribution in [3.63, 3.8) is 0 Å². The fourth-order valence-electron chi connectivity index (χ4n) is 2.94. The van der Waals surface area contributed by atoms with Crippen LogP contribution < -0.4 is 21.1 Å². The minimum Gasteiger partial charge on any atom is -0.378 e. The number of hydrazine groups is 1. The molecule has 0 radical (unpaired) electrons. The Kier molecular flexibility index (Phi) is 7.36. The number of aromatic nitrogens is 1. The fourth-order valence-corrected chi connectivity index (χ4v) is 3.96. The summed E-state index contributed by atoms with van der Waals surface area (Å²) in [5, 5.41) is 3.53. The number of hydrogen-bond acceptors (Lipinski definition) is 7. The number of benzene rings is 1. The fraction of sp³-hybridized carbons (Fsp3) is 0.400. The molecule has 10 heteroatoms. The van der Waals surface area contributed by atoms with Gasteiger partial charge in [0.1, 0.15) is 4.88 Å². The summed E-state index contributed by atoms with van der Waals surface area (Å²) in [7, 11) is 0. The van der Waals surface area contributed by atoms with Crippen LogP contribution in [-0.4, -0.2) is 55.1 Å². The topological polar surface area (TPSA) is 113 Å². The second-order valence-corrected chi connectivity index (χ2v) is 7.93. The Morgan fingerprint density at radius 3 is 2.53 bits per heavy atom. The molecule has 1 aliphatic heterocycles. The zero-order valence-electron chi connectivity index (χ0n) is 16.9. The van der Waals surface area contributed by atoms with Gasteiger partial charge in [0.05, 0.1) is 18.9 Å². The number of anilines is 1. The lowest BCUT2D eigenvalue weighted by molar-refractivity contribution is -0.122. The summed E-state index contributed by atoms with van der Waals surface area (Å²) in [5.41, 5.74) is 5.95. The zero-order chi connectivity index (χ0) is 21.5. The van der Waals surface area contributed by atoms with E-state index in [-0.39, 0.29) is 12.3 Å². The van der Waals surface area contributed by atoms with Gasteiger partial charge in [-0.3, -0.25) is 25.2 Å². The average molecular weight is 432 g/mol. The number of nitrogens with one attached hydrogen (secondary N) is 3. The maximum Gasteiger partial charge on any atom is 0.281 e. The predicted molar refractivity (Wildman–Crippen MR) is 113 cm³/mol. The van der Waals surface area contributed by atoms with Gasteiger partial charge in [-0.25, -0.2) is 4.98 Å². The van der Waals surface area contributed by atoms with E-state index in [2.05, 4.69) is 26.1 Å². The van der Waals surface area contributed by atoms with Crippen molar-refractivity contribution < 1.29 is 19.1 Å². The summed E-state index contributed by atoms with van der Waals surface area (Å²) in [6, 6.07) is 8.37. The average Bonchev–Trinajstić information content (AvgIpc) is 3.15. The van der Waals surface area contributed by atoms with Crippen molar-refractivity contribution in [2.75, 3.05) is 31.2 Å². The molecule has 9 nitrogen and oxygen atoms in total. The van der Waals surface area contributed by atoms with Gasteiger partial charge in [0, 0.05) is 31.1 Å². The van der Waals surface area contributed by atoms with Gasteiger partial charge in [-0.15, -0.1) is 0 Å². The highest BCUT2D eigenvalue weighted by Crippen LogP contribution is 2.26. The number of nitrogens with zero attached hydrogens (tertiary/aromatic N) is 2. The summed E-state index contributed by atoms with van der Waals surface area (Å²) in [6.45, 7) is 6.22. The second-order valence-electron chi connectivity index (χ2n) is 6.96. The van der Waals surface area contributed by atoms with E-state index >= 15 is 0 Å². The van der Waals surface area contributed by atoms with Gasteiger partial charge in [0.25, 0.3) is 11.8 Å². The third-order valence-corrected chi connectivity index (χ3v) is 5.71. The van der Waals surface area contributed by atoms with Crippen LogP contribution in [0.3, 0.4) is 0 Å². The molecular weight excluding hydrogens is 406 g/mol. The van der Waals surface area contributed by atoms with Gasteiger partial charge in [0.15, 0.2) is 5.13 Å². The summed E-state index contributed by atoms with van der Waals surface area (Å²) in [6.07, 6.45) is 0.0273. The Bertz CT molecular complexity index is 896. The molecule has 30 heavy (non-hydrogen) atoms. The first-order valence-electron chi connectivity index (χ1n) is 9.69. The number of ether oxygens (including phenoxy) is 1. The van der Waals surface area contributed by atoms with Crippen LogP contribution in [-0.2, 0) is 9.53 Å². The van der Waals surface area contributed by atoms with Crippen molar-refractivity contribution in [2.24, 2.45) is 0 Å². The summed E-state index contributed by atoms with van der Waals surface area (Å²) in [5.74, 6) is -1.07. The Hall–Kier alpha value is -2.98. The molecule has 0 bridgehead atoms. The van der Waals surface area contributed by atoms with Crippen molar-refractivity contribution in [3.05, 3.63) is 46.5 Å². The van der Waals surface area contributed by atoms with Crippen LogP contribution in [0.2, 0.25) is 0 Å². The SMILES string of the molecule is Cc1nc(N2CCOCC2)sc1C(=O)NNC(=O)CC(C)NC(=O)c1ccccc1. The van der Waals surface area contributed by atoms with Crippen LogP contribution in [0.25, 0.3) is 0 Å². The Morgan fingerprint density at radius 2 is 1.83 bits per heavy atom. The molecule has 1 fully saturated rings. The molecule has 0 spiro atoms. The largest absolute Gasteiger partial charge is 0.378 e. The lowest BCUT2D eigenvalue weighted by Crippen LogP contribution is -2.44. The van der Waals surface area contributed by atoms with E-state index in [1.807, 2.05) is 6.07 Å². The Labute approximate surface area is 178 Å². The van der Waals surface area contributed by atoms with Crippen molar-refractivity contribution in [3.8, 4) is 0 Å². The first kappa shape index (κ1) is 21.7. The molecule has 2 heterocycles. The van der Waals surface area contributed by atoms with Crippen LogP contribution in [0.15, 0.2) is 30.3 Å². The highest BCUT2D eigenvalue weighted by Gasteiger charge is 2.21. The van der Waals surface area contributed by atoms with E-state index in [1.54, 1.807) is 38.1 Å². The van der Waals surface area contributed by atoms with Crippen LogP contribution in [0, 0.1) is 6.92 Å². The zero-order valence-corrected chi connectivity index (χ0v) is 17.8. The van der Waals surface area contributed by atoms with Crippen molar-refractivity contribution in [2.45, 2.75) is 26.3 Å². The maximum atomic E-state index is 12.4. The molecule has 2 aromatic rings. The first-order chi connectivity index (χ1) is 14.4. The van der Waals surface area contributed by atoms with E-state index in [1.165, 1.54) is 11.3 Å². The second kappa shape index (κ2) is 10.2. The molecule has 3 N–H and O–H groups in total. The smallest absolute Gasteiger partial charge is 0.281 e. The number of morpholine rings is 1. The molecule has 1 saturated heterocycles. The summed E-state index contributed by atoms with van der Waals surface area (Å²) >= 11 is 1.28. The number of rotatable bonds is 6. The minimum absolute atomic E-state index is 0.0273. The van der Waals surface area contributed by atoms with Crippen molar-refractivity contribution in [1.82, 2.24) is 21.2 Å². The Morgan fingerprint density at radius 1 is 1.13 bits per heavy atom. The highest BCUT2D eigenvalue weighted by atomic mass is 32.1. The molecule has 1 unspecified atom stereocenters. The molecule has 0 aliphatic carbocycles. The van der Waals surface area contributed by atoms with Gasteiger partial charge in [0.2, 0.25) is 5.91 Å². The lowest BCUT2D eigenvalue weighted by atomic mass is 10.2. The molecule has 3 amide bonds. The van der Waals surface area contributed by atoms with E-state index < -0.39 is 17.9 Å². The number of carbonyl (C=O) groups excluding carboxylic acids is 3. The van der Waals surface area contributed by atoms with E-state index in [4.69, 9.17) is 4.74 Å². The molecular formula is C20H25N5O4S. The molecule has 1 atom stereocenters. The van der Waals surface area contributed by atoms with Crippen LogP contribution in [0.4, 0.5) is 5.13 Å².